The third-order valence-electron chi connectivity index (χ3n) is 2.01. The Kier molecular flexibility index (Phi) is 1.78. The van der Waals surface area contributed by atoms with Crippen molar-refractivity contribution in [3.63, 3.8) is 0 Å². The number of allylic oxidation sites excluding steroid dienone is 4. The van der Waals surface area contributed by atoms with Gasteiger partial charge in [0.2, 0.25) is 0 Å². The Morgan fingerprint density at radius 2 is 1.83 bits per heavy atom. The highest BCUT2D eigenvalue weighted by molar-refractivity contribution is 5.37. The molecule has 0 amide bonds. The first-order valence-electron chi connectivity index (χ1n) is 3.97. The second kappa shape index (κ2) is 2.94. The second-order valence-electron chi connectivity index (χ2n) is 2.82. The summed E-state index contributed by atoms with van der Waals surface area (Å²) in [5, 5.41) is 0. The summed E-state index contributed by atoms with van der Waals surface area (Å²) in [5.74, 6) is -0.215. The lowest BCUT2D eigenvalue weighted by Gasteiger charge is -2.06. The lowest BCUT2D eigenvalue weighted by Crippen LogP contribution is -1.91. The minimum absolute atomic E-state index is 0.0683. The molecule has 1 aliphatic carbocycles. The van der Waals surface area contributed by atoms with Crippen LogP contribution in [0.3, 0.4) is 0 Å². The first-order chi connectivity index (χ1) is 5.88. The fraction of sp³-hybridized carbons (Fsp3) is 0.0909. The molecule has 1 aromatic rings. The van der Waals surface area contributed by atoms with E-state index >= 15 is 0 Å². The van der Waals surface area contributed by atoms with Gasteiger partial charge >= 0.3 is 0 Å². The van der Waals surface area contributed by atoms with Crippen molar-refractivity contribution in [2.45, 2.75) is 5.92 Å². The van der Waals surface area contributed by atoms with Crippen LogP contribution in [0.15, 0.2) is 54.4 Å². The molecule has 1 unspecified atom stereocenters. The van der Waals surface area contributed by atoms with Gasteiger partial charge in [-0.1, -0.05) is 42.5 Å². The third kappa shape index (κ3) is 1.18. The zero-order valence-electron chi connectivity index (χ0n) is 6.57. The Labute approximate surface area is 71.0 Å². The molecule has 0 bridgehead atoms. The molecule has 0 fully saturated rings. The standard InChI is InChI=1S/C11H9F/c12-11-8-4-7-10(11)9-5-2-1-3-6-9/h1-8,10H. The molecule has 0 saturated carbocycles. The molecule has 1 aliphatic rings. The van der Waals surface area contributed by atoms with Crippen LogP contribution >= 0.6 is 0 Å². The topological polar surface area (TPSA) is 0 Å². The molecule has 1 aromatic carbocycles. The fourth-order valence-corrected chi connectivity index (χ4v) is 1.38. The predicted molar refractivity (Wildman–Crippen MR) is 47.5 cm³/mol. The van der Waals surface area contributed by atoms with Crippen LogP contribution in [0.2, 0.25) is 0 Å². The average molecular weight is 160 g/mol. The van der Waals surface area contributed by atoms with E-state index in [2.05, 4.69) is 0 Å². The Morgan fingerprint density at radius 1 is 1.08 bits per heavy atom. The van der Waals surface area contributed by atoms with Gasteiger partial charge in [0.05, 0.1) is 5.92 Å². The van der Waals surface area contributed by atoms with Crippen molar-refractivity contribution in [2.24, 2.45) is 0 Å². The van der Waals surface area contributed by atoms with Crippen LogP contribution in [0, 0.1) is 0 Å². The van der Waals surface area contributed by atoms with E-state index in [-0.39, 0.29) is 11.7 Å². The quantitative estimate of drug-likeness (QED) is 0.591. The van der Waals surface area contributed by atoms with Crippen molar-refractivity contribution in [1.29, 1.82) is 0 Å². The molecule has 2 rings (SSSR count). The van der Waals surface area contributed by atoms with Gasteiger partial charge in [0.15, 0.2) is 0 Å². The summed E-state index contributed by atoms with van der Waals surface area (Å²) in [7, 11) is 0. The van der Waals surface area contributed by atoms with E-state index < -0.39 is 0 Å². The Morgan fingerprint density at radius 3 is 2.42 bits per heavy atom. The van der Waals surface area contributed by atoms with E-state index in [1.807, 2.05) is 36.4 Å². The molecule has 1 heteroatoms. The van der Waals surface area contributed by atoms with Crippen LogP contribution in [-0.2, 0) is 0 Å². The summed E-state index contributed by atoms with van der Waals surface area (Å²) >= 11 is 0. The second-order valence-corrected chi connectivity index (χ2v) is 2.82. The van der Waals surface area contributed by atoms with Crippen LogP contribution in [0.5, 0.6) is 0 Å². The molecule has 0 radical (unpaired) electrons. The maximum atomic E-state index is 13.1. The number of hydrogen-bond acceptors (Lipinski definition) is 0. The van der Waals surface area contributed by atoms with Gasteiger partial charge in [-0.15, -0.1) is 0 Å². The van der Waals surface area contributed by atoms with Gasteiger partial charge in [0.1, 0.15) is 5.83 Å². The van der Waals surface area contributed by atoms with Crippen LogP contribution in [0.25, 0.3) is 0 Å². The van der Waals surface area contributed by atoms with E-state index in [1.165, 1.54) is 6.08 Å². The smallest absolute Gasteiger partial charge is 0.111 e. The molecule has 1 atom stereocenters. The molecule has 0 N–H and O–H groups in total. The van der Waals surface area contributed by atoms with Gasteiger partial charge in [0, 0.05) is 0 Å². The first kappa shape index (κ1) is 7.29. The molecule has 0 spiro atoms. The van der Waals surface area contributed by atoms with Gasteiger partial charge < -0.3 is 0 Å². The largest absolute Gasteiger partial charge is 0.211 e. The zero-order chi connectivity index (χ0) is 8.39. The van der Waals surface area contributed by atoms with Gasteiger partial charge in [-0.25, -0.2) is 4.39 Å². The molecule has 12 heavy (non-hydrogen) atoms. The summed E-state index contributed by atoms with van der Waals surface area (Å²) in [6, 6.07) is 9.66. The van der Waals surface area contributed by atoms with Crippen LogP contribution < -0.4 is 0 Å². The molecule has 0 aromatic heterocycles. The van der Waals surface area contributed by atoms with Crippen molar-refractivity contribution >= 4 is 0 Å². The van der Waals surface area contributed by atoms with Gasteiger partial charge in [-0.2, -0.15) is 0 Å². The molecule has 0 nitrogen and oxygen atoms in total. The Bertz CT molecular complexity index is 322. The fourth-order valence-electron chi connectivity index (χ4n) is 1.38. The minimum atomic E-state index is -0.147. The minimum Gasteiger partial charge on any atom is -0.211 e. The third-order valence-corrected chi connectivity index (χ3v) is 2.01. The van der Waals surface area contributed by atoms with Gasteiger partial charge in [-0.05, 0) is 11.6 Å². The summed E-state index contributed by atoms with van der Waals surface area (Å²) in [5.41, 5.74) is 1.01. The van der Waals surface area contributed by atoms with Crippen molar-refractivity contribution in [3.05, 3.63) is 60.0 Å². The molecular formula is C11H9F. The highest BCUT2D eigenvalue weighted by Crippen LogP contribution is 2.30. The first-order valence-corrected chi connectivity index (χ1v) is 3.97. The normalized spacial score (nSPS) is 21.1. The zero-order valence-corrected chi connectivity index (χ0v) is 6.57. The lowest BCUT2D eigenvalue weighted by molar-refractivity contribution is 0.592. The summed E-state index contributed by atoms with van der Waals surface area (Å²) in [6.45, 7) is 0. The predicted octanol–water partition coefficient (Wildman–Crippen LogP) is 3.19. The summed E-state index contributed by atoms with van der Waals surface area (Å²) < 4.78 is 13.1. The van der Waals surface area contributed by atoms with E-state index in [4.69, 9.17) is 0 Å². The van der Waals surface area contributed by atoms with Crippen molar-refractivity contribution in [1.82, 2.24) is 0 Å². The number of rotatable bonds is 1. The summed E-state index contributed by atoms with van der Waals surface area (Å²) in [4.78, 5) is 0. The SMILES string of the molecule is FC1=CC=CC1c1ccccc1. The lowest BCUT2D eigenvalue weighted by atomic mass is 10.0. The number of halogens is 1. The molecule has 0 aliphatic heterocycles. The maximum absolute atomic E-state index is 13.1. The van der Waals surface area contributed by atoms with Gasteiger partial charge in [0.25, 0.3) is 0 Å². The Balaban J connectivity index is 2.33. The highest BCUT2D eigenvalue weighted by atomic mass is 19.1. The summed E-state index contributed by atoms with van der Waals surface area (Å²) in [6.07, 6.45) is 5.13. The molecular weight excluding hydrogens is 151 g/mol. The van der Waals surface area contributed by atoms with Crippen LogP contribution in [0.4, 0.5) is 4.39 Å². The number of benzene rings is 1. The highest BCUT2D eigenvalue weighted by Gasteiger charge is 2.15. The van der Waals surface area contributed by atoms with Crippen molar-refractivity contribution < 1.29 is 4.39 Å². The van der Waals surface area contributed by atoms with Crippen molar-refractivity contribution in [3.8, 4) is 0 Å². The monoisotopic (exact) mass is 160 g/mol. The maximum Gasteiger partial charge on any atom is 0.111 e. The average Bonchev–Trinajstić information content (AvgIpc) is 2.53. The molecule has 0 saturated heterocycles. The number of hydrogen-bond donors (Lipinski definition) is 0. The van der Waals surface area contributed by atoms with Crippen LogP contribution in [-0.4, -0.2) is 0 Å². The molecule has 0 heterocycles. The molecule has 60 valence electrons. The van der Waals surface area contributed by atoms with Crippen molar-refractivity contribution in [2.75, 3.05) is 0 Å². The van der Waals surface area contributed by atoms with Gasteiger partial charge in [-0.3, -0.25) is 0 Å². The van der Waals surface area contributed by atoms with E-state index in [9.17, 15) is 4.39 Å². The van der Waals surface area contributed by atoms with E-state index in [0.717, 1.165) is 5.56 Å². The van der Waals surface area contributed by atoms with Crippen LogP contribution in [0.1, 0.15) is 11.5 Å². The van der Waals surface area contributed by atoms with E-state index in [0.29, 0.717) is 0 Å². The van der Waals surface area contributed by atoms with E-state index in [1.54, 1.807) is 6.08 Å². The Hall–Kier alpha value is -1.37.